The minimum Gasteiger partial charge on any atom is -0.373 e. The third kappa shape index (κ3) is 9.19. The van der Waals surface area contributed by atoms with E-state index in [2.05, 4.69) is 25.8 Å². The second-order valence-corrected chi connectivity index (χ2v) is 5.13. The number of nitrogens with zero attached hydrogens (tertiary/aromatic N) is 1. The van der Waals surface area contributed by atoms with E-state index in [1.165, 1.54) is 24.6 Å². The molecule has 0 unspecified atom stereocenters. The lowest BCUT2D eigenvalue weighted by molar-refractivity contribution is -0.115. The number of unbranched alkanes of at least 4 members (excludes halogenated alkanes) is 2. The van der Waals surface area contributed by atoms with Gasteiger partial charge in [0.15, 0.2) is 0 Å². The first-order valence-electron chi connectivity index (χ1n) is 5.92. The van der Waals surface area contributed by atoms with Crippen LogP contribution < -0.4 is 0 Å². The van der Waals surface area contributed by atoms with Gasteiger partial charge in [-0.15, -0.1) is 0 Å². The van der Waals surface area contributed by atoms with Gasteiger partial charge >= 0.3 is 0 Å². The lowest BCUT2D eigenvalue weighted by Gasteiger charge is -2.20. The minimum absolute atomic E-state index is 0.111. The Kier molecular flexibility index (Phi) is 10.1. The van der Waals surface area contributed by atoms with Gasteiger partial charge in [-0.25, -0.2) is 0 Å². The Morgan fingerprint density at radius 3 is 2.56 bits per heavy atom. The number of hydrogen-bond donors (Lipinski definition) is 0. The average molecular weight is 247 g/mol. The largest absolute Gasteiger partial charge is 0.373 e. The van der Waals surface area contributed by atoms with Gasteiger partial charge in [0, 0.05) is 12.6 Å². The predicted molar refractivity (Wildman–Crippen MR) is 71.0 cm³/mol. The van der Waals surface area contributed by atoms with Crippen LogP contribution in [0.15, 0.2) is 0 Å². The predicted octanol–water partition coefficient (Wildman–Crippen LogP) is 2.40. The average Bonchev–Trinajstić information content (AvgIpc) is 2.26. The van der Waals surface area contributed by atoms with Crippen LogP contribution in [0.5, 0.6) is 0 Å². The molecule has 0 bridgehead atoms. The van der Waals surface area contributed by atoms with Gasteiger partial charge in [-0.2, -0.15) is 0 Å². The third-order valence-electron chi connectivity index (χ3n) is 2.63. The Hall–Kier alpha value is -0.0600. The molecule has 0 saturated heterocycles. The van der Waals surface area contributed by atoms with E-state index in [-0.39, 0.29) is 11.7 Å². The fourth-order valence-corrected chi connectivity index (χ4v) is 1.42. The van der Waals surface area contributed by atoms with Gasteiger partial charge in [0.2, 0.25) is 5.12 Å². The zero-order valence-corrected chi connectivity index (χ0v) is 11.8. The Balaban J connectivity index is 3.19. The van der Waals surface area contributed by atoms with E-state index in [0.29, 0.717) is 12.6 Å². The SMILES string of the molecule is CSC(=O)COCCCCCN(C)C(C)C. The zero-order valence-electron chi connectivity index (χ0n) is 11.0. The first-order valence-corrected chi connectivity index (χ1v) is 7.15. The number of thioether (sulfide) groups is 1. The van der Waals surface area contributed by atoms with Crippen molar-refractivity contribution >= 4 is 16.9 Å². The molecular formula is C12H25NO2S. The lowest BCUT2D eigenvalue weighted by atomic mass is 10.2. The van der Waals surface area contributed by atoms with Crippen LogP contribution in [0.3, 0.4) is 0 Å². The number of ether oxygens (including phenoxy) is 1. The molecule has 0 aliphatic carbocycles. The highest BCUT2D eigenvalue weighted by Crippen LogP contribution is 2.01. The molecule has 0 aromatic carbocycles. The van der Waals surface area contributed by atoms with Crippen LogP contribution in [0.1, 0.15) is 33.1 Å². The summed E-state index contributed by atoms with van der Waals surface area (Å²) in [5, 5.41) is 0.111. The van der Waals surface area contributed by atoms with E-state index in [9.17, 15) is 4.79 Å². The Labute approximate surface area is 104 Å². The minimum atomic E-state index is 0.111. The molecule has 0 radical (unpaired) electrons. The fourth-order valence-electron chi connectivity index (χ4n) is 1.21. The van der Waals surface area contributed by atoms with Crippen molar-refractivity contribution in [3.63, 3.8) is 0 Å². The number of carbonyl (C=O) groups excluding carboxylic acids is 1. The summed E-state index contributed by atoms with van der Waals surface area (Å²) in [5.74, 6) is 0. The van der Waals surface area contributed by atoms with E-state index in [4.69, 9.17) is 4.74 Å². The molecule has 3 nitrogen and oxygen atoms in total. The van der Waals surface area contributed by atoms with E-state index < -0.39 is 0 Å². The third-order valence-corrected chi connectivity index (χ3v) is 3.20. The smallest absolute Gasteiger partial charge is 0.214 e. The summed E-state index contributed by atoms with van der Waals surface area (Å²) in [5.41, 5.74) is 0. The van der Waals surface area contributed by atoms with Crippen LogP contribution in [0.25, 0.3) is 0 Å². The number of hydrogen-bond acceptors (Lipinski definition) is 4. The van der Waals surface area contributed by atoms with Gasteiger partial charge in [-0.1, -0.05) is 11.8 Å². The summed E-state index contributed by atoms with van der Waals surface area (Å²) in [7, 11) is 2.15. The van der Waals surface area contributed by atoms with Crippen LogP contribution in [0.2, 0.25) is 0 Å². The maximum absolute atomic E-state index is 10.9. The monoisotopic (exact) mass is 247 g/mol. The first kappa shape index (κ1) is 15.9. The van der Waals surface area contributed by atoms with Crippen molar-refractivity contribution in [1.82, 2.24) is 4.90 Å². The second-order valence-electron chi connectivity index (χ2n) is 4.26. The highest BCUT2D eigenvalue weighted by Gasteiger charge is 2.02. The van der Waals surface area contributed by atoms with Crippen molar-refractivity contribution in [2.24, 2.45) is 0 Å². The molecule has 4 heteroatoms. The Bertz CT molecular complexity index is 186. The van der Waals surface area contributed by atoms with Crippen LogP contribution in [0.4, 0.5) is 0 Å². The molecule has 0 aromatic heterocycles. The number of rotatable bonds is 9. The standard InChI is InChI=1S/C12H25NO2S/c1-11(2)13(3)8-6-5-7-9-15-10-12(14)16-4/h11H,5-10H2,1-4H3. The Morgan fingerprint density at radius 2 is 2.00 bits per heavy atom. The maximum Gasteiger partial charge on any atom is 0.214 e. The van der Waals surface area contributed by atoms with Gasteiger partial charge in [0.25, 0.3) is 0 Å². The first-order chi connectivity index (χ1) is 7.57. The zero-order chi connectivity index (χ0) is 12.4. The fraction of sp³-hybridized carbons (Fsp3) is 0.917. The van der Waals surface area contributed by atoms with Crippen molar-refractivity contribution in [2.75, 3.05) is 33.1 Å². The summed E-state index contributed by atoms with van der Waals surface area (Å²) in [6.45, 7) is 6.51. The molecule has 0 fully saturated rings. The van der Waals surface area contributed by atoms with Gasteiger partial charge in [0.05, 0.1) is 0 Å². The normalized spacial score (nSPS) is 11.4. The van der Waals surface area contributed by atoms with Crippen molar-refractivity contribution in [3.05, 3.63) is 0 Å². The van der Waals surface area contributed by atoms with Crippen molar-refractivity contribution in [2.45, 2.75) is 39.2 Å². The van der Waals surface area contributed by atoms with Crippen LogP contribution in [0, 0.1) is 0 Å². The molecule has 96 valence electrons. The molecule has 0 atom stereocenters. The van der Waals surface area contributed by atoms with Gasteiger partial charge in [-0.05, 0) is 53.0 Å². The van der Waals surface area contributed by atoms with Crippen molar-refractivity contribution in [1.29, 1.82) is 0 Å². The molecule has 16 heavy (non-hydrogen) atoms. The van der Waals surface area contributed by atoms with E-state index >= 15 is 0 Å². The topological polar surface area (TPSA) is 29.5 Å². The molecule has 0 N–H and O–H groups in total. The molecule has 0 aromatic rings. The van der Waals surface area contributed by atoms with Crippen LogP contribution in [-0.4, -0.2) is 49.1 Å². The second kappa shape index (κ2) is 10.1. The highest BCUT2D eigenvalue weighted by molar-refractivity contribution is 8.13. The molecule has 0 amide bonds. The molecule has 0 heterocycles. The maximum atomic E-state index is 10.9. The van der Waals surface area contributed by atoms with Gasteiger partial charge in [-0.3, -0.25) is 4.79 Å². The van der Waals surface area contributed by atoms with Crippen molar-refractivity contribution < 1.29 is 9.53 Å². The quantitative estimate of drug-likeness (QED) is 0.585. The summed E-state index contributed by atoms with van der Waals surface area (Å²) in [6.07, 6.45) is 5.21. The Morgan fingerprint density at radius 1 is 1.31 bits per heavy atom. The molecule has 0 saturated carbocycles. The van der Waals surface area contributed by atoms with E-state index in [1.807, 2.05) is 0 Å². The molecule has 0 rings (SSSR count). The highest BCUT2D eigenvalue weighted by atomic mass is 32.2. The van der Waals surface area contributed by atoms with Gasteiger partial charge in [0.1, 0.15) is 6.61 Å². The molecule has 0 aliphatic rings. The summed E-state index contributed by atoms with van der Waals surface area (Å²) in [6, 6.07) is 0.621. The van der Waals surface area contributed by atoms with E-state index in [1.54, 1.807) is 6.26 Å². The molecular weight excluding hydrogens is 222 g/mol. The summed E-state index contributed by atoms with van der Waals surface area (Å²) >= 11 is 1.23. The molecule has 0 aliphatic heterocycles. The summed E-state index contributed by atoms with van der Waals surface area (Å²) in [4.78, 5) is 13.2. The molecule has 0 spiro atoms. The van der Waals surface area contributed by atoms with E-state index in [0.717, 1.165) is 13.0 Å². The van der Waals surface area contributed by atoms with Gasteiger partial charge < -0.3 is 9.64 Å². The summed E-state index contributed by atoms with van der Waals surface area (Å²) < 4.78 is 5.26. The number of carbonyl (C=O) groups is 1. The lowest BCUT2D eigenvalue weighted by Crippen LogP contribution is -2.27. The van der Waals surface area contributed by atoms with Crippen molar-refractivity contribution in [3.8, 4) is 0 Å². The van der Waals surface area contributed by atoms with Crippen LogP contribution >= 0.6 is 11.8 Å². The van der Waals surface area contributed by atoms with Crippen LogP contribution in [-0.2, 0) is 9.53 Å².